The van der Waals surface area contributed by atoms with Crippen molar-refractivity contribution >= 4 is 5.96 Å². The van der Waals surface area contributed by atoms with Gasteiger partial charge in [-0.05, 0) is 56.5 Å². The minimum atomic E-state index is -0.102. The third-order valence-electron chi connectivity index (χ3n) is 4.71. The first-order chi connectivity index (χ1) is 13.7. The average molecular weight is 383 g/mol. The minimum Gasteiger partial charge on any atom is -0.487 e. The Hall–Kier alpha value is -2.60. The molecule has 1 aromatic heterocycles. The summed E-state index contributed by atoms with van der Waals surface area (Å²) < 4.78 is 11.7. The van der Waals surface area contributed by atoms with E-state index in [-0.39, 0.29) is 5.60 Å². The maximum absolute atomic E-state index is 5.86. The smallest absolute Gasteiger partial charge is 0.191 e. The number of aliphatic imine (C=N–C) groups is 1. The number of nitrogens with one attached hydrogen (secondary N) is 2. The van der Waals surface area contributed by atoms with E-state index in [1.54, 1.807) is 6.20 Å². The molecule has 28 heavy (non-hydrogen) atoms. The molecule has 1 aliphatic heterocycles. The van der Waals surface area contributed by atoms with Gasteiger partial charge in [-0.1, -0.05) is 18.2 Å². The summed E-state index contributed by atoms with van der Waals surface area (Å²) in [5.74, 6) is 1.63. The summed E-state index contributed by atoms with van der Waals surface area (Å²) in [5, 5.41) is 6.71. The highest BCUT2D eigenvalue weighted by molar-refractivity contribution is 5.79. The summed E-state index contributed by atoms with van der Waals surface area (Å²) in [5.41, 5.74) is 1.90. The number of aromatic nitrogens is 1. The summed E-state index contributed by atoms with van der Waals surface area (Å²) >= 11 is 0. The lowest BCUT2D eigenvalue weighted by atomic mass is 10.0. The largest absolute Gasteiger partial charge is 0.487 e. The average Bonchev–Trinajstić information content (AvgIpc) is 3.16. The number of hydrogen-bond donors (Lipinski definition) is 2. The monoisotopic (exact) mass is 382 g/mol. The molecule has 0 radical (unpaired) electrons. The molecule has 6 heteroatoms. The lowest BCUT2D eigenvalue weighted by molar-refractivity contribution is 0.0243. The van der Waals surface area contributed by atoms with Gasteiger partial charge in [-0.25, -0.2) is 4.99 Å². The highest BCUT2D eigenvalue weighted by Gasteiger charge is 2.29. The van der Waals surface area contributed by atoms with Crippen LogP contribution < -0.4 is 15.4 Å². The van der Waals surface area contributed by atoms with Gasteiger partial charge in [0.25, 0.3) is 0 Å². The molecule has 1 saturated heterocycles. The van der Waals surface area contributed by atoms with Crippen LogP contribution in [-0.2, 0) is 17.9 Å². The van der Waals surface area contributed by atoms with E-state index in [4.69, 9.17) is 14.5 Å². The number of rotatable bonds is 8. The third-order valence-corrected chi connectivity index (χ3v) is 4.71. The topological polar surface area (TPSA) is 67.8 Å². The maximum Gasteiger partial charge on any atom is 0.191 e. The van der Waals surface area contributed by atoms with Gasteiger partial charge in [0.2, 0.25) is 0 Å². The molecule has 3 rings (SSSR count). The molecule has 2 N–H and O–H groups in total. The van der Waals surface area contributed by atoms with Crippen molar-refractivity contribution in [3.05, 3.63) is 59.9 Å². The van der Waals surface area contributed by atoms with Crippen molar-refractivity contribution in [3.63, 3.8) is 0 Å². The van der Waals surface area contributed by atoms with E-state index in [0.717, 1.165) is 55.5 Å². The van der Waals surface area contributed by atoms with Crippen molar-refractivity contribution in [1.29, 1.82) is 0 Å². The Morgan fingerprint density at radius 3 is 2.93 bits per heavy atom. The van der Waals surface area contributed by atoms with E-state index < -0.39 is 0 Å². The van der Waals surface area contributed by atoms with Crippen LogP contribution in [0.4, 0.5) is 0 Å². The molecule has 1 fully saturated rings. The standard InChI is InChI=1S/C22H30N4O2/c1-3-23-21(26-17-22(2)11-7-13-28-22)25-15-18-8-6-10-20(14-18)27-16-19-9-4-5-12-24-19/h4-6,8-10,12,14H,3,7,11,13,15-17H2,1-2H3,(H2,23,25,26). The van der Waals surface area contributed by atoms with Crippen LogP contribution in [0.3, 0.4) is 0 Å². The second-order valence-corrected chi connectivity index (χ2v) is 7.21. The van der Waals surface area contributed by atoms with Crippen molar-refractivity contribution in [3.8, 4) is 5.75 Å². The van der Waals surface area contributed by atoms with E-state index in [2.05, 4.69) is 35.5 Å². The zero-order valence-electron chi connectivity index (χ0n) is 16.8. The summed E-state index contributed by atoms with van der Waals surface area (Å²) in [4.78, 5) is 8.99. The molecular weight excluding hydrogens is 352 g/mol. The van der Waals surface area contributed by atoms with Gasteiger partial charge in [0.1, 0.15) is 12.4 Å². The summed E-state index contributed by atoms with van der Waals surface area (Å²) in [6.45, 7) is 7.67. The highest BCUT2D eigenvalue weighted by Crippen LogP contribution is 2.23. The van der Waals surface area contributed by atoms with E-state index in [0.29, 0.717) is 13.2 Å². The van der Waals surface area contributed by atoms with Crippen molar-refractivity contribution < 1.29 is 9.47 Å². The van der Waals surface area contributed by atoms with Gasteiger partial charge in [-0.15, -0.1) is 0 Å². The van der Waals surface area contributed by atoms with Gasteiger partial charge in [0, 0.05) is 25.9 Å². The first kappa shape index (κ1) is 20.1. The van der Waals surface area contributed by atoms with Crippen LogP contribution in [0.25, 0.3) is 0 Å². The molecule has 0 spiro atoms. The Morgan fingerprint density at radius 2 is 2.18 bits per heavy atom. The summed E-state index contributed by atoms with van der Waals surface area (Å²) in [6, 6.07) is 13.8. The molecule has 6 nitrogen and oxygen atoms in total. The van der Waals surface area contributed by atoms with Gasteiger partial charge < -0.3 is 20.1 Å². The van der Waals surface area contributed by atoms with E-state index in [9.17, 15) is 0 Å². The molecule has 1 atom stereocenters. The zero-order chi connectivity index (χ0) is 19.7. The molecule has 2 aromatic rings. The van der Waals surface area contributed by atoms with E-state index >= 15 is 0 Å². The van der Waals surface area contributed by atoms with Gasteiger partial charge in [-0.2, -0.15) is 0 Å². The van der Waals surface area contributed by atoms with Crippen molar-refractivity contribution in [2.75, 3.05) is 19.7 Å². The number of ether oxygens (including phenoxy) is 2. The third kappa shape index (κ3) is 6.23. The number of nitrogens with zero attached hydrogens (tertiary/aromatic N) is 2. The van der Waals surface area contributed by atoms with Gasteiger partial charge in [-0.3, -0.25) is 4.98 Å². The maximum atomic E-state index is 5.86. The van der Waals surface area contributed by atoms with Crippen LogP contribution in [0.1, 0.15) is 37.9 Å². The molecule has 1 unspecified atom stereocenters. The van der Waals surface area contributed by atoms with Crippen LogP contribution in [0.15, 0.2) is 53.7 Å². The molecule has 1 aliphatic rings. The molecule has 0 aliphatic carbocycles. The number of benzene rings is 1. The van der Waals surface area contributed by atoms with Gasteiger partial charge in [0.05, 0.1) is 17.8 Å². The zero-order valence-corrected chi connectivity index (χ0v) is 16.8. The Bertz CT molecular complexity index is 758. The van der Waals surface area contributed by atoms with E-state index in [1.165, 1.54) is 0 Å². The molecular formula is C22H30N4O2. The number of guanidine groups is 1. The van der Waals surface area contributed by atoms with Crippen LogP contribution in [-0.4, -0.2) is 36.2 Å². The highest BCUT2D eigenvalue weighted by atomic mass is 16.5. The van der Waals surface area contributed by atoms with Crippen LogP contribution in [0.2, 0.25) is 0 Å². The molecule has 1 aromatic carbocycles. The van der Waals surface area contributed by atoms with Crippen LogP contribution >= 0.6 is 0 Å². The van der Waals surface area contributed by atoms with Gasteiger partial charge >= 0.3 is 0 Å². The first-order valence-corrected chi connectivity index (χ1v) is 9.95. The number of hydrogen-bond acceptors (Lipinski definition) is 4. The Kier molecular flexibility index (Phi) is 7.25. The number of pyridine rings is 1. The second-order valence-electron chi connectivity index (χ2n) is 7.21. The van der Waals surface area contributed by atoms with Crippen molar-refractivity contribution in [2.45, 2.75) is 45.4 Å². The molecule has 150 valence electrons. The SMILES string of the molecule is CCNC(=NCc1cccc(OCc2ccccn2)c1)NCC1(C)CCCO1. The Balaban J connectivity index is 1.55. The van der Waals surface area contributed by atoms with Crippen molar-refractivity contribution in [2.24, 2.45) is 4.99 Å². The van der Waals surface area contributed by atoms with Gasteiger partial charge in [0.15, 0.2) is 5.96 Å². The summed E-state index contributed by atoms with van der Waals surface area (Å²) in [7, 11) is 0. The normalized spacial score (nSPS) is 19.4. The Labute approximate surface area is 167 Å². The fourth-order valence-corrected chi connectivity index (χ4v) is 3.13. The van der Waals surface area contributed by atoms with E-state index in [1.807, 2.05) is 36.4 Å². The Morgan fingerprint density at radius 1 is 1.25 bits per heavy atom. The fourth-order valence-electron chi connectivity index (χ4n) is 3.13. The quantitative estimate of drug-likeness (QED) is 0.542. The summed E-state index contributed by atoms with van der Waals surface area (Å²) in [6.07, 6.45) is 3.97. The predicted octanol–water partition coefficient (Wildman–Crippen LogP) is 3.28. The molecule has 0 amide bonds. The van der Waals surface area contributed by atoms with Crippen LogP contribution in [0, 0.1) is 0 Å². The minimum absolute atomic E-state index is 0.102. The molecule has 0 saturated carbocycles. The second kappa shape index (κ2) is 10.1. The molecule has 0 bridgehead atoms. The molecule has 2 heterocycles. The predicted molar refractivity (Wildman–Crippen MR) is 111 cm³/mol. The lowest BCUT2D eigenvalue weighted by Gasteiger charge is -2.24. The fraction of sp³-hybridized carbons (Fsp3) is 0.455. The van der Waals surface area contributed by atoms with Crippen molar-refractivity contribution in [1.82, 2.24) is 15.6 Å². The van der Waals surface area contributed by atoms with Crippen LogP contribution in [0.5, 0.6) is 5.75 Å². The lowest BCUT2D eigenvalue weighted by Crippen LogP contribution is -2.45. The first-order valence-electron chi connectivity index (χ1n) is 9.95.